The average molecular weight is 405 g/mol. The predicted octanol–water partition coefficient (Wildman–Crippen LogP) is 3.80. The van der Waals surface area contributed by atoms with Crippen molar-refractivity contribution in [2.45, 2.75) is 32.6 Å². The van der Waals surface area contributed by atoms with Crippen LogP contribution in [0.4, 0.5) is 0 Å². The minimum atomic E-state index is -0.277. The van der Waals surface area contributed by atoms with Crippen LogP contribution in [0.3, 0.4) is 0 Å². The van der Waals surface area contributed by atoms with Gasteiger partial charge in [0.2, 0.25) is 5.91 Å². The maximum absolute atomic E-state index is 13.0. The Labute approximate surface area is 176 Å². The molecule has 0 radical (unpaired) electrons. The van der Waals surface area contributed by atoms with Gasteiger partial charge in [-0.3, -0.25) is 4.79 Å². The molecule has 1 amide bonds. The summed E-state index contributed by atoms with van der Waals surface area (Å²) in [6.07, 6.45) is 4.16. The van der Waals surface area contributed by atoms with Crippen molar-refractivity contribution in [3.63, 3.8) is 0 Å². The van der Waals surface area contributed by atoms with Crippen molar-refractivity contribution >= 4 is 5.91 Å². The molecule has 0 unspecified atom stereocenters. The van der Waals surface area contributed by atoms with Gasteiger partial charge in [0.1, 0.15) is 0 Å². The van der Waals surface area contributed by atoms with E-state index in [-0.39, 0.29) is 17.9 Å². The number of hydrogen-bond donors (Lipinski definition) is 1. The van der Waals surface area contributed by atoms with Crippen LogP contribution in [0.1, 0.15) is 36.1 Å². The molecular formula is C24H27N3O3. The van der Waals surface area contributed by atoms with Crippen molar-refractivity contribution in [2.24, 2.45) is 5.92 Å². The third kappa shape index (κ3) is 4.61. The van der Waals surface area contributed by atoms with E-state index in [2.05, 4.69) is 10.4 Å². The number of nitrogens with zero attached hydrogens (tertiary/aromatic N) is 2. The first-order chi connectivity index (χ1) is 14.8. The van der Waals surface area contributed by atoms with E-state index in [1.54, 1.807) is 6.20 Å². The van der Waals surface area contributed by atoms with Crippen molar-refractivity contribution in [1.82, 2.24) is 15.1 Å². The zero-order valence-electron chi connectivity index (χ0n) is 17.2. The van der Waals surface area contributed by atoms with Gasteiger partial charge in [-0.1, -0.05) is 42.5 Å². The number of aromatic nitrogens is 2. The standard InChI is InChI=1S/C24H27N3O3/c1-2-29-17-19-9-7-6-8-18(19)14-25-24(28)22-12-13-30-23(22)20-15-26-27(16-20)21-10-4-3-5-11-21/h3-11,15-16,22-23H,2,12-14,17H2,1H3,(H,25,28)/t22-,23+/m0/s1. The second-order valence-electron chi connectivity index (χ2n) is 7.36. The lowest BCUT2D eigenvalue weighted by atomic mass is 9.96. The Bertz CT molecular complexity index is 971. The Kier molecular flexibility index (Phi) is 6.57. The van der Waals surface area contributed by atoms with Gasteiger partial charge in [0.05, 0.1) is 30.5 Å². The van der Waals surface area contributed by atoms with E-state index in [4.69, 9.17) is 9.47 Å². The second-order valence-corrected chi connectivity index (χ2v) is 7.36. The molecule has 1 aliphatic rings. The Balaban J connectivity index is 1.42. The average Bonchev–Trinajstić information content (AvgIpc) is 3.47. The van der Waals surface area contributed by atoms with E-state index >= 15 is 0 Å². The number of carbonyl (C=O) groups is 1. The predicted molar refractivity (Wildman–Crippen MR) is 114 cm³/mol. The van der Waals surface area contributed by atoms with Gasteiger partial charge in [0.25, 0.3) is 0 Å². The smallest absolute Gasteiger partial charge is 0.226 e. The van der Waals surface area contributed by atoms with Gasteiger partial charge in [-0.2, -0.15) is 5.10 Å². The molecule has 30 heavy (non-hydrogen) atoms. The highest BCUT2D eigenvalue weighted by Crippen LogP contribution is 2.34. The fourth-order valence-corrected chi connectivity index (χ4v) is 3.79. The largest absolute Gasteiger partial charge is 0.377 e. The summed E-state index contributed by atoms with van der Waals surface area (Å²) < 4.78 is 13.3. The molecule has 1 saturated heterocycles. The lowest BCUT2D eigenvalue weighted by Crippen LogP contribution is -2.32. The number of nitrogens with one attached hydrogen (secondary N) is 1. The van der Waals surface area contributed by atoms with Crippen LogP contribution in [0.25, 0.3) is 5.69 Å². The summed E-state index contributed by atoms with van der Waals surface area (Å²) in [6.45, 7) is 4.24. The minimum absolute atomic E-state index is 0.0103. The lowest BCUT2D eigenvalue weighted by Gasteiger charge is -2.18. The number of hydrogen-bond acceptors (Lipinski definition) is 4. The zero-order valence-corrected chi connectivity index (χ0v) is 17.2. The molecule has 0 spiro atoms. The maximum atomic E-state index is 13.0. The molecule has 4 rings (SSSR count). The highest BCUT2D eigenvalue weighted by Gasteiger charge is 2.36. The first-order valence-corrected chi connectivity index (χ1v) is 10.4. The molecule has 0 saturated carbocycles. The van der Waals surface area contributed by atoms with E-state index in [0.717, 1.165) is 22.4 Å². The van der Waals surface area contributed by atoms with E-state index in [0.29, 0.717) is 32.8 Å². The highest BCUT2D eigenvalue weighted by molar-refractivity contribution is 5.79. The number of benzene rings is 2. The van der Waals surface area contributed by atoms with Gasteiger partial charge in [0, 0.05) is 31.5 Å². The highest BCUT2D eigenvalue weighted by atomic mass is 16.5. The summed E-state index contributed by atoms with van der Waals surface area (Å²) in [5, 5.41) is 7.54. The van der Waals surface area contributed by atoms with E-state index in [1.807, 2.05) is 72.4 Å². The fourth-order valence-electron chi connectivity index (χ4n) is 3.79. The van der Waals surface area contributed by atoms with Crippen LogP contribution in [0.15, 0.2) is 67.0 Å². The van der Waals surface area contributed by atoms with Crippen molar-refractivity contribution in [3.8, 4) is 5.69 Å². The van der Waals surface area contributed by atoms with Gasteiger partial charge in [-0.05, 0) is 36.6 Å². The summed E-state index contributed by atoms with van der Waals surface area (Å²) in [6, 6.07) is 18.0. The number of rotatable bonds is 8. The Morgan fingerprint density at radius 2 is 1.93 bits per heavy atom. The summed E-state index contributed by atoms with van der Waals surface area (Å²) in [5.41, 5.74) is 4.08. The summed E-state index contributed by atoms with van der Waals surface area (Å²) in [4.78, 5) is 13.0. The van der Waals surface area contributed by atoms with Crippen LogP contribution < -0.4 is 5.32 Å². The molecule has 1 N–H and O–H groups in total. The quantitative estimate of drug-likeness (QED) is 0.619. The molecule has 6 heteroatoms. The zero-order chi connectivity index (χ0) is 20.8. The molecule has 0 aliphatic carbocycles. The molecule has 156 valence electrons. The third-order valence-electron chi connectivity index (χ3n) is 5.41. The first kappa shape index (κ1) is 20.3. The molecular weight excluding hydrogens is 378 g/mol. The molecule has 6 nitrogen and oxygen atoms in total. The normalized spacial score (nSPS) is 18.4. The second kappa shape index (κ2) is 9.69. The van der Waals surface area contributed by atoms with Crippen molar-refractivity contribution in [2.75, 3.05) is 13.2 Å². The molecule has 2 atom stereocenters. The minimum Gasteiger partial charge on any atom is -0.377 e. The van der Waals surface area contributed by atoms with Gasteiger partial charge in [-0.25, -0.2) is 4.68 Å². The first-order valence-electron chi connectivity index (χ1n) is 10.4. The number of para-hydroxylation sites is 1. The van der Waals surface area contributed by atoms with Crippen LogP contribution in [0.2, 0.25) is 0 Å². The number of ether oxygens (including phenoxy) is 2. The molecule has 1 aliphatic heterocycles. The molecule has 2 heterocycles. The van der Waals surface area contributed by atoms with Crippen LogP contribution in [-0.2, 0) is 27.4 Å². The van der Waals surface area contributed by atoms with E-state index < -0.39 is 0 Å². The summed E-state index contributed by atoms with van der Waals surface area (Å²) in [5.74, 6) is -0.214. The van der Waals surface area contributed by atoms with Gasteiger partial charge in [0.15, 0.2) is 0 Å². The molecule has 2 aromatic carbocycles. The topological polar surface area (TPSA) is 65.4 Å². The van der Waals surface area contributed by atoms with Crippen LogP contribution in [-0.4, -0.2) is 28.9 Å². The van der Waals surface area contributed by atoms with Crippen molar-refractivity contribution in [3.05, 3.63) is 83.7 Å². The Morgan fingerprint density at radius 1 is 1.17 bits per heavy atom. The molecule has 3 aromatic rings. The molecule has 1 fully saturated rings. The molecule has 1 aromatic heterocycles. The van der Waals surface area contributed by atoms with Crippen LogP contribution in [0.5, 0.6) is 0 Å². The monoisotopic (exact) mass is 405 g/mol. The SMILES string of the molecule is CCOCc1ccccc1CNC(=O)[C@H]1CCO[C@@H]1c1cnn(-c2ccccc2)c1. The summed E-state index contributed by atoms with van der Waals surface area (Å²) in [7, 11) is 0. The van der Waals surface area contributed by atoms with E-state index in [1.165, 1.54) is 0 Å². The third-order valence-corrected chi connectivity index (χ3v) is 5.41. The Morgan fingerprint density at radius 3 is 2.73 bits per heavy atom. The maximum Gasteiger partial charge on any atom is 0.226 e. The van der Waals surface area contributed by atoms with Crippen LogP contribution >= 0.6 is 0 Å². The number of amides is 1. The van der Waals surface area contributed by atoms with Crippen LogP contribution in [0, 0.1) is 5.92 Å². The Hall–Kier alpha value is -2.96. The summed E-state index contributed by atoms with van der Waals surface area (Å²) >= 11 is 0. The van der Waals surface area contributed by atoms with Gasteiger partial charge in [-0.15, -0.1) is 0 Å². The lowest BCUT2D eigenvalue weighted by molar-refractivity contribution is -0.126. The van der Waals surface area contributed by atoms with Crippen molar-refractivity contribution in [1.29, 1.82) is 0 Å². The van der Waals surface area contributed by atoms with Gasteiger partial charge >= 0.3 is 0 Å². The van der Waals surface area contributed by atoms with E-state index in [9.17, 15) is 4.79 Å². The molecule has 0 bridgehead atoms. The van der Waals surface area contributed by atoms with Gasteiger partial charge < -0.3 is 14.8 Å². The number of carbonyl (C=O) groups excluding carboxylic acids is 1. The van der Waals surface area contributed by atoms with Crippen molar-refractivity contribution < 1.29 is 14.3 Å². The fraction of sp³-hybridized carbons (Fsp3) is 0.333.